The van der Waals surface area contributed by atoms with Gasteiger partial charge in [-0.1, -0.05) is 60.7 Å². The summed E-state index contributed by atoms with van der Waals surface area (Å²) in [6.07, 6.45) is -0.882. The van der Waals surface area contributed by atoms with Crippen LogP contribution in [0.25, 0.3) is 20.9 Å². The molecule has 134 valence electrons. The van der Waals surface area contributed by atoms with Crippen molar-refractivity contribution in [3.8, 4) is 32.4 Å². The van der Waals surface area contributed by atoms with E-state index in [4.69, 9.17) is 14.2 Å². The molecule has 3 aromatic rings. The highest BCUT2D eigenvalue weighted by Gasteiger charge is 2.24. The van der Waals surface area contributed by atoms with Crippen LogP contribution in [0.15, 0.2) is 60.7 Å². The first kappa shape index (κ1) is 18.0. The molecule has 1 heterocycles. The first-order valence-electron chi connectivity index (χ1n) is 8.01. The van der Waals surface area contributed by atoms with Crippen molar-refractivity contribution in [3.05, 3.63) is 60.7 Å². The zero-order valence-electron chi connectivity index (χ0n) is 14.2. The van der Waals surface area contributed by atoms with E-state index in [2.05, 4.69) is 0 Å². The topological polar surface area (TPSA) is 65.0 Å². The lowest BCUT2D eigenvalue weighted by Crippen LogP contribution is -2.14. The minimum atomic E-state index is -0.882. The van der Waals surface area contributed by atoms with Gasteiger partial charge < -0.3 is 19.3 Å². The highest BCUT2D eigenvalue weighted by molar-refractivity contribution is 7.19. The van der Waals surface area contributed by atoms with Gasteiger partial charge in [0.15, 0.2) is 11.5 Å². The summed E-state index contributed by atoms with van der Waals surface area (Å²) in [5, 5.41) is 10.7. The quantitative estimate of drug-likeness (QED) is 0.491. The van der Waals surface area contributed by atoms with Gasteiger partial charge in [0.2, 0.25) is 0 Å². The third kappa shape index (κ3) is 4.04. The molecule has 0 amide bonds. The van der Waals surface area contributed by atoms with Gasteiger partial charge in [-0.3, -0.25) is 0 Å². The third-order valence-electron chi connectivity index (χ3n) is 3.61. The maximum Gasteiger partial charge on any atom is 0.514 e. The Labute approximate surface area is 155 Å². The Kier molecular flexibility index (Phi) is 5.88. The molecule has 6 heteroatoms. The molecule has 0 unspecified atom stereocenters. The lowest BCUT2D eigenvalue weighted by atomic mass is 10.1. The number of benzene rings is 2. The van der Waals surface area contributed by atoms with E-state index in [-0.39, 0.29) is 24.7 Å². The fourth-order valence-electron chi connectivity index (χ4n) is 2.39. The van der Waals surface area contributed by atoms with E-state index >= 15 is 0 Å². The van der Waals surface area contributed by atoms with E-state index in [1.54, 1.807) is 0 Å². The van der Waals surface area contributed by atoms with Gasteiger partial charge in [-0.05, 0) is 11.1 Å². The average Bonchev–Trinajstić information content (AvgIpc) is 3.00. The van der Waals surface area contributed by atoms with Gasteiger partial charge in [-0.25, -0.2) is 4.79 Å². The molecule has 0 aliphatic rings. The first-order valence-corrected chi connectivity index (χ1v) is 8.82. The van der Waals surface area contributed by atoms with E-state index in [0.717, 1.165) is 11.1 Å². The van der Waals surface area contributed by atoms with Gasteiger partial charge in [0.1, 0.15) is 6.61 Å². The van der Waals surface area contributed by atoms with Crippen molar-refractivity contribution >= 4 is 17.5 Å². The van der Waals surface area contributed by atoms with E-state index in [0.29, 0.717) is 9.75 Å². The lowest BCUT2D eigenvalue weighted by molar-refractivity contribution is 0.0681. The molecule has 0 aliphatic heterocycles. The summed E-state index contributed by atoms with van der Waals surface area (Å²) in [7, 11) is 1.51. The molecule has 0 bridgehead atoms. The van der Waals surface area contributed by atoms with Crippen LogP contribution in [0.3, 0.4) is 0 Å². The molecule has 5 nitrogen and oxygen atoms in total. The number of aromatic hydroxyl groups is 1. The fourth-order valence-corrected chi connectivity index (χ4v) is 3.52. The van der Waals surface area contributed by atoms with Crippen LogP contribution in [0, 0.1) is 0 Å². The number of rotatable bonds is 6. The smallest absolute Gasteiger partial charge is 0.503 e. The highest BCUT2D eigenvalue weighted by Crippen LogP contribution is 2.51. The van der Waals surface area contributed by atoms with Crippen molar-refractivity contribution in [1.29, 1.82) is 0 Å². The molecule has 0 atom stereocenters. The van der Waals surface area contributed by atoms with Gasteiger partial charge in [-0.15, -0.1) is 11.3 Å². The Morgan fingerprint density at radius 2 is 1.50 bits per heavy atom. The minimum absolute atomic E-state index is 0.0758. The summed E-state index contributed by atoms with van der Waals surface area (Å²) in [4.78, 5) is 13.2. The second-order valence-electron chi connectivity index (χ2n) is 5.36. The van der Waals surface area contributed by atoms with Crippen LogP contribution in [0.5, 0.6) is 11.5 Å². The predicted octanol–water partition coefficient (Wildman–Crippen LogP) is 4.95. The Morgan fingerprint density at radius 3 is 2.08 bits per heavy atom. The van der Waals surface area contributed by atoms with E-state index in [9.17, 15) is 9.90 Å². The summed E-state index contributed by atoms with van der Waals surface area (Å²) in [5.41, 5.74) is 1.68. The van der Waals surface area contributed by atoms with Gasteiger partial charge >= 0.3 is 6.16 Å². The minimum Gasteiger partial charge on any atom is -0.503 e. The van der Waals surface area contributed by atoms with Crippen LogP contribution in [0.1, 0.15) is 0 Å². The Hall–Kier alpha value is -2.83. The average molecular weight is 370 g/mol. The lowest BCUT2D eigenvalue weighted by Gasteiger charge is -2.07. The maximum atomic E-state index is 12.0. The van der Waals surface area contributed by atoms with Crippen LogP contribution in [0.2, 0.25) is 0 Å². The van der Waals surface area contributed by atoms with E-state index in [1.807, 2.05) is 60.7 Å². The molecule has 0 saturated carbocycles. The van der Waals surface area contributed by atoms with E-state index < -0.39 is 6.16 Å². The standard InChI is InChI=1S/C20H18O5S/c1-23-12-13-24-20(22)25-17-16(21)18(14-8-4-2-5-9-14)26-19(17)15-10-6-3-7-11-15/h2-11,21H,12-13H2,1H3. The van der Waals surface area contributed by atoms with Gasteiger partial charge in [0.25, 0.3) is 0 Å². The van der Waals surface area contributed by atoms with Crippen molar-refractivity contribution < 1.29 is 24.1 Å². The fraction of sp³-hybridized carbons (Fsp3) is 0.150. The summed E-state index contributed by atoms with van der Waals surface area (Å²) in [6.45, 7) is 0.345. The van der Waals surface area contributed by atoms with Gasteiger partial charge in [0, 0.05) is 7.11 Å². The SMILES string of the molecule is COCCOC(=O)Oc1c(-c2ccccc2)sc(-c2ccccc2)c1O. The molecule has 0 fully saturated rings. The molecular formula is C20H18O5S. The first-order chi connectivity index (χ1) is 12.7. The van der Waals surface area contributed by atoms with E-state index in [1.165, 1.54) is 18.4 Å². The third-order valence-corrected chi connectivity index (χ3v) is 4.86. The van der Waals surface area contributed by atoms with Gasteiger partial charge in [0.05, 0.1) is 16.4 Å². The number of carbonyl (C=O) groups is 1. The Balaban J connectivity index is 1.98. The molecule has 0 aliphatic carbocycles. The second-order valence-corrected chi connectivity index (χ2v) is 6.38. The van der Waals surface area contributed by atoms with Crippen molar-refractivity contribution in [1.82, 2.24) is 0 Å². The van der Waals surface area contributed by atoms with Crippen molar-refractivity contribution in [2.75, 3.05) is 20.3 Å². The van der Waals surface area contributed by atoms with Crippen molar-refractivity contribution in [2.24, 2.45) is 0 Å². The maximum absolute atomic E-state index is 12.0. The normalized spacial score (nSPS) is 10.5. The predicted molar refractivity (Wildman–Crippen MR) is 101 cm³/mol. The molecule has 26 heavy (non-hydrogen) atoms. The molecule has 2 aromatic carbocycles. The zero-order chi connectivity index (χ0) is 18.4. The van der Waals surface area contributed by atoms with Crippen LogP contribution >= 0.6 is 11.3 Å². The Morgan fingerprint density at radius 1 is 0.923 bits per heavy atom. The molecular weight excluding hydrogens is 352 g/mol. The molecule has 3 rings (SSSR count). The Bertz CT molecular complexity index is 859. The molecule has 0 saturated heterocycles. The number of methoxy groups -OCH3 is 1. The van der Waals surface area contributed by atoms with Crippen LogP contribution in [0.4, 0.5) is 4.79 Å². The molecule has 1 N–H and O–H groups in total. The van der Waals surface area contributed by atoms with Crippen molar-refractivity contribution in [2.45, 2.75) is 0 Å². The zero-order valence-corrected chi connectivity index (χ0v) is 15.0. The van der Waals surface area contributed by atoms with Crippen LogP contribution in [-0.2, 0) is 9.47 Å². The van der Waals surface area contributed by atoms with Crippen molar-refractivity contribution in [3.63, 3.8) is 0 Å². The monoisotopic (exact) mass is 370 g/mol. The van der Waals surface area contributed by atoms with Crippen LogP contribution < -0.4 is 4.74 Å². The van der Waals surface area contributed by atoms with Gasteiger partial charge in [-0.2, -0.15) is 0 Å². The summed E-state index contributed by atoms with van der Waals surface area (Å²) in [5.74, 6) is 0.0196. The largest absolute Gasteiger partial charge is 0.514 e. The second kappa shape index (κ2) is 8.51. The summed E-state index contributed by atoms with van der Waals surface area (Å²) >= 11 is 1.36. The summed E-state index contributed by atoms with van der Waals surface area (Å²) in [6, 6.07) is 18.9. The number of hydrogen-bond donors (Lipinski definition) is 1. The van der Waals surface area contributed by atoms with Crippen LogP contribution in [-0.4, -0.2) is 31.6 Å². The molecule has 0 spiro atoms. The number of hydrogen-bond acceptors (Lipinski definition) is 6. The number of carbonyl (C=O) groups excluding carboxylic acids is 1. The number of thiophene rings is 1. The molecule has 1 aromatic heterocycles. The number of ether oxygens (including phenoxy) is 3. The molecule has 0 radical (unpaired) electrons. The highest BCUT2D eigenvalue weighted by atomic mass is 32.1. The summed E-state index contributed by atoms with van der Waals surface area (Å²) < 4.78 is 15.1.